The Morgan fingerprint density at radius 2 is 1.71 bits per heavy atom. The normalized spacial score (nSPS) is 18.1. The fourth-order valence-corrected chi connectivity index (χ4v) is 3.66. The maximum Gasteiger partial charge on any atom is 0.326 e. The Hall–Kier alpha value is -1.46. The highest BCUT2D eigenvalue weighted by Crippen LogP contribution is 2.07. The van der Waals surface area contributed by atoms with Crippen molar-refractivity contribution in [3.8, 4) is 0 Å². The molecular formula is C17H30N4O5S2. The van der Waals surface area contributed by atoms with E-state index in [1.807, 2.05) is 12.5 Å². The molecule has 3 atom stereocenters. The van der Waals surface area contributed by atoms with Gasteiger partial charge in [0.2, 0.25) is 17.7 Å². The lowest BCUT2D eigenvalue weighted by atomic mass is 10.1. The standard InChI is InChI=1S/C17H30N4O5S2/c1-27-8-5-12(21-16(24)11-4-3-7-18-11)15(23)19-10-14(22)20-13(17(25)26)6-9-28-2/h11-13,18H,3-10H2,1-2H3,(H,19,23)(H,20,22)(H,21,24)(H,25,26). The van der Waals surface area contributed by atoms with Gasteiger partial charge in [-0.1, -0.05) is 0 Å². The summed E-state index contributed by atoms with van der Waals surface area (Å²) in [5, 5.41) is 19.9. The highest BCUT2D eigenvalue weighted by Gasteiger charge is 2.27. The van der Waals surface area contributed by atoms with Crippen LogP contribution in [0.15, 0.2) is 0 Å². The van der Waals surface area contributed by atoms with Gasteiger partial charge in [-0.05, 0) is 56.2 Å². The van der Waals surface area contributed by atoms with Crippen LogP contribution in [0.1, 0.15) is 25.7 Å². The second kappa shape index (κ2) is 13.7. The lowest BCUT2D eigenvalue weighted by molar-refractivity contribution is -0.141. The highest BCUT2D eigenvalue weighted by molar-refractivity contribution is 7.98. The third kappa shape index (κ3) is 9.16. The molecule has 5 N–H and O–H groups in total. The van der Waals surface area contributed by atoms with Crippen LogP contribution in [-0.2, 0) is 19.2 Å². The van der Waals surface area contributed by atoms with Crippen molar-refractivity contribution in [2.45, 2.75) is 43.8 Å². The van der Waals surface area contributed by atoms with Crippen molar-refractivity contribution < 1.29 is 24.3 Å². The first-order valence-electron chi connectivity index (χ1n) is 9.20. The summed E-state index contributed by atoms with van der Waals surface area (Å²) in [5.41, 5.74) is 0. The van der Waals surface area contributed by atoms with Crippen LogP contribution >= 0.6 is 23.5 Å². The monoisotopic (exact) mass is 434 g/mol. The first-order valence-corrected chi connectivity index (χ1v) is 12.0. The molecule has 3 amide bonds. The van der Waals surface area contributed by atoms with Crippen molar-refractivity contribution in [3.05, 3.63) is 0 Å². The predicted molar refractivity (Wildman–Crippen MR) is 112 cm³/mol. The number of thioether (sulfide) groups is 2. The van der Waals surface area contributed by atoms with Crippen LogP contribution in [0.25, 0.3) is 0 Å². The lowest BCUT2D eigenvalue weighted by Gasteiger charge is -2.20. The van der Waals surface area contributed by atoms with Gasteiger partial charge >= 0.3 is 5.97 Å². The maximum absolute atomic E-state index is 12.4. The van der Waals surface area contributed by atoms with Crippen LogP contribution in [0.2, 0.25) is 0 Å². The van der Waals surface area contributed by atoms with Gasteiger partial charge < -0.3 is 26.4 Å². The quantitative estimate of drug-likeness (QED) is 0.260. The van der Waals surface area contributed by atoms with E-state index in [0.717, 1.165) is 19.4 Å². The van der Waals surface area contributed by atoms with E-state index in [1.54, 1.807) is 11.8 Å². The molecule has 1 aliphatic rings. The van der Waals surface area contributed by atoms with E-state index in [1.165, 1.54) is 11.8 Å². The topological polar surface area (TPSA) is 137 Å². The number of aliphatic carboxylic acids is 1. The summed E-state index contributed by atoms with van der Waals surface area (Å²) in [4.78, 5) is 47.9. The maximum atomic E-state index is 12.4. The molecule has 1 aliphatic heterocycles. The first-order chi connectivity index (χ1) is 13.4. The average Bonchev–Trinajstić information content (AvgIpc) is 3.21. The van der Waals surface area contributed by atoms with Crippen molar-refractivity contribution in [2.24, 2.45) is 0 Å². The van der Waals surface area contributed by atoms with Gasteiger partial charge in [0.15, 0.2) is 0 Å². The molecule has 1 fully saturated rings. The third-order valence-electron chi connectivity index (χ3n) is 4.29. The summed E-state index contributed by atoms with van der Waals surface area (Å²) < 4.78 is 0. The van der Waals surface area contributed by atoms with Crippen molar-refractivity contribution in [1.82, 2.24) is 21.3 Å². The molecule has 0 aromatic rings. The highest BCUT2D eigenvalue weighted by atomic mass is 32.2. The number of carboxylic acid groups (broad SMARTS) is 1. The van der Waals surface area contributed by atoms with Gasteiger partial charge in [0.05, 0.1) is 12.6 Å². The molecule has 0 aliphatic carbocycles. The van der Waals surface area contributed by atoms with E-state index in [9.17, 15) is 19.2 Å². The Morgan fingerprint density at radius 1 is 1.07 bits per heavy atom. The molecule has 0 radical (unpaired) electrons. The molecule has 1 saturated heterocycles. The number of carbonyl (C=O) groups is 4. The summed E-state index contributed by atoms with van der Waals surface area (Å²) in [6, 6.07) is -2.01. The van der Waals surface area contributed by atoms with Crippen LogP contribution in [0, 0.1) is 0 Å². The number of nitrogens with one attached hydrogen (secondary N) is 4. The van der Waals surface area contributed by atoms with Crippen LogP contribution in [0.5, 0.6) is 0 Å². The van der Waals surface area contributed by atoms with Gasteiger partial charge in [-0.2, -0.15) is 23.5 Å². The van der Waals surface area contributed by atoms with Crippen molar-refractivity contribution in [3.63, 3.8) is 0 Å². The molecule has 0 aromatic carbocycles. The number of rotatable bonds is 13. The number of hydrogen-bond donors (Lipinski definition) is 5. The SMILES string of the molecule is CSCCC(NC(=O)CNC(=O)C(CCSC)NC(=O)C1CCCN1)C(=O)O. The van der Waals surface area contributed by atoms with E-state index in [-0.39, 0.29) is 18.5 Å². The van der Waals surface area contributed by atoms with Crippen LogP contribution in [0.3, 0.4) is 0 Å². The largest absolute Gasteiger partial charge is 0.480 e. The van der Waals surface area contributed by atoms with Crippen molar-refractivity contribution in [2.75, 3.05) is 37.1 Å². The average molecular weight is 435 g/mol. The van der Waals surface area contributed by atoms with Crippen LogP contribution in [-0.4, -0.2) is 84.0 Å². The van der Waals surface area contributed by atoms with E-state index in [0.29, 0.717) is 24.3 Å². The number of carboxylic acids is 1. The molecular weight excluding hydrogens is 404 g/mol. The zero-order chi connectivity index (χ0) is 20.9. The van der Waals surface area contributed by atoms with E-state index < -0.39 is 29.9 Å². The van der Waals surface area contributed by atoms with Crippen LogP contribution in [0.4, 0.5) is 0 Å². The fourth-order valence-electron chi connectivity index (χ4n) is 2.71. The number of hydrogen-bond acceptors (Lipinski definition) is 7. The van der Waals surface area contributed by atoms with Crippen molar-refractivity contribution in [1.29, 1.82) is 0 Å². The molecule has 0 bridgehead atoms. The second-order valence-electron chi connectivity index (χ2n) is 6.45. The minimum absolute atomic E-state index is 0.216. The van der Waals surface area contributed by atoms with Gasteiger partial charge in [0.1, 0.15) is 12.1 Å². The van der Waals surface area contributed by atoms with Gasteiger partial charge in [-0.15, -0.1) is 0 Å². The number of carbonyl (C=O) groups excluding carboxylic acids is 3. The van der Waals surface area contributed by atoms with Crippen molar-refractivity contribution >= 4 is 47.2 Å². The summed E-state index contributed by atoms with van der Waals surface area (Å²) in [6.07, 6.45) is 6.16. The fraction of sp³-hybridized carbons (Fsp3) is 0.765. The molecule has 3 unspecified atom stereocenters. The lowest BCUT2D eigenvalue weighted by Crippen LogP contribution is -2.53. The summed E-state index contributed by atoms with van der Waals surface area (Å²) in [5.74, 6) is -1.07. The first kappa shape index (κ1) is 24.6. The predicted octanol–water partition coefficient (Wildman–Crippen LogP) is -0.585. The zero-order valence-electron chi connectivity index (χ0n) is 16.3. The van der Waals surface area contributed by atoms with E-state index in [4.69, 9.17) is 5.11 Å². The zero-order valence-corrected chi connectivity index (χ0v) is 17.9. The molecule has 0 aromatic heterocycles. The Labute approximate surface area is 173 Å². The summed E-state index contributed by atoms with van der Waals surface area (Å²) in [6.45, 7) is 0.441. The molecule has 160 valence electrons. The second-order valence-corrected chi connectivity index (χ2v) is 8.42. The van der Waals surface area contributed by atoms with Crippen LogP contribution < -0.4 is 21.3 Å². The summed E-state index contributed by atoms with van der Waals surface area (Å²) in [7, 11) is 0. The van der Waals surface area contributed by atoms with Gasteiger partial charge in [0.25, 0.3) is 0 Å². The summed E-state index contributed by atoms with van der Waals surface area (Å²) >= 11 is 3.05. The van der Waals surface area contributed by atoms with Gasteiger partial charge in [-0.25, -0.2) is 4.79 Å². The minimum Gasteiger partial charge on any atom is -0.480 e. The molecule has 28 heavy (non-hydrogen) atoms. The Kier molecular flexibility index (Phi) is 12.0. The molecule has 0 saturated carbocycles. The molecule has 1 rings (SSSR count). The Balaban J connectivity index is 2.52. The van der Waals surface area contributed by atoms with Gasteiger partial charge in [-0.3, -0.25) is 14.4 Å². The molecule has 9 nitrogen and oxygen atoms in total. The number of amides is 3. The molecule has 11 heteroatoms. The van der Waals surface area contributed by atoms with E-state index in [2.05, 4.69) is 21.3 Å². The Bertz CT molecular complexity index is 544. The van der Waals surface area contributed by atoms with Gasteiger partial charge in [0, 0.05) is 0 Å². The minimum atomic E-state index is -1.11. The molecule has 1 heterocycles. The third-order valence-corrected chi connectivity index (χ3v) is 5.58. The smallest absolute Gasteiger partial charge is 0.326 e. The molecule has 0 spiro atoms. The Morgan fingerprint density at radius 3 is 2.25 bits per heavy atom. The van der Waals surface area contributed by atoms with E-state index >= 15 is 0 Å².